The molecule has 3 rings (SSSR count). The van der Waals surface area contributed by atoms with Gasteiger partial charge >= 0.3 is 0 Å². The van der Waals surface area contributed by atoms with Gasteiger partial charge in [-0.1, -0.05) is 42.5 Å². The van der Waals surface area contributed by atoms with E-state index in [-0.39, 0.29) is 5.91 Å². The van der Waals surface area contributed by atoms with Crippen LogP contribution in [0.2, 0.25) is 0 Å². The second kappa shape index (κ2) is 10.1. The number of benzene rings is 3. The first kappa shape index (κ1) is 20.9. The molecular formula is C23H21IN2O3. The highest BCUT2D eigenvalue weighted by Gasteiger charge is 2.12. The van der Waals surface area contributed by atoms with Gasteiger partial charge in [0.15, 0.2) is 11.5 Å². The third-order valence-electron chi connectivity index (χ3n) is 4.30. The number of aryl methyl sites for hydroxylation is 1. The Morgan fingerprint density at radius 2 is 1.83 bits per heavy atom. The number of nitrogens with zero attached hydrogens (tertiary/aromatic N) is 1. The van der Waals surface area contributed by atoms with E-state index in [2.05, 4.69) is 46.1 Å². The van der Waals surface area contributed by atoms with Gasteiger partial charge in [-0.2, -0.15) is 5.10 Å². The number of nitrogens with one attached hydrogen (secondary N) is 1. The molecule has 0 saturated carbocycles. The normalized spacial score (nSPS) is 10.7. The molecule has 0 bridgehead atoms. The van der Waals surface area contributed by atoms with E-state index in [9.17, 15) is 4.79 Å². The SMILES string of the molecule is COc1cc(/C=N\NC(=O)c2ccccc2)cc(I)c1OCc1ccccc1C. The number of hydrazone groups is 1. The molecule has 0 aromatic heterocycles. The summed E-state index contributed by atoms with van der Waals surface area (Å²) in [5.74, 6) is 1.03. The minimum Gasteiger partial charge on any atom is -0.493 e. The lowest BCUT2D eigenvalue weighted by Crippen LogP contribution is -2.17. The largest absolute Gasteiger partial charge is 0.493 e. The average molecular weight is 500 g/mol. The molecule has 5 nitrogen and oxygen atoms in total. The molecule has 1 amide bonds. The van der Waals surface area contributed by atoms with E-state index >= 15 is 0 Å². The monoisotopic (exact) mass is 500 g/mol. The van der Waals surface area contributed by atoms with Crippen LogP contribution in [0.1, 0.15) is 27.0 Å². The van der Waals surface area contributed by atoms with Gasteiger partial charge in [-0.25, -0.2) is 5.43 Å². The molecule has 0 saturated heterocycles. The number of hydrogen-bond acceptors (Lipinski definition) is 4. The summed E-state index contributed by atoms with van der Waals surface area (Å²) in [6.45, 7) is 2.52. The fourth-order valence-electron chi connectivity index (χ4n) is 2.70. The number of rotatable bonds is 7. The zero-order chi connectivity index (χ0) is 20.6. The molecule has 0 atom stereocenters. The molecule has 0 aliphatic carbocycles. The fourth-order valence-corrected chi connectivity index (χ4v) is 3.48. The summed E-state index contributed by atoms with van der Waals surface area (Å²) in [5, 5.41) is 4.05. The summed E-state index contributed by atoms with van der Waals surface area (Å²) in [7, 11) is 1.60. The summed E-state index contributed by atoms with van der Waals surface area (Å²) in [4.78, 5) is 12.1. The summed E-state index contributed by atoms with van der Waals surface area (Å²) >= 11 is 2.21. The predicted molar refractivity (Wildman–Crippen MR) is 123 cm³/mol. The third kappa shape index (κ3) is 5.57. The smallest absolute Gasteiger partial charge is 0.271 e. The second-order valence-corrected chi connectivity index (χ2v) is 7.48. The Morgan fingerprint density at radius 3 is 2.55 bits per heavy atom. The van der Waals surface area contributed by atoms with Crippen molar-refractivity contribution in [1.29, 1.82) is 0 Å². The van der Waals surface area contributed by atoms with E-state index in [1.165, 1.54) is 5.56 Å². The highest BCUT2D eigenvalue weighted by molar-refractivity contribution is 14.1. The van der Waals surface area contributed by atoms with E-state index in [1.807, 2.05) is 48.5 Å². The molecule has 0 fully saturated rings. The Balaban J connectivity index is 1.70. The van der Waals surface area contributed by atoms with Gasteiger partial charge in [0.25, 0.3) is 5.91 Å². The van der Waals surface area contributed by atoms with Crippen molar-refractivity contribution in [2.24, 2.45) is 5.10 Å². The maximum absolute atomic E-state index is 12.1. The van der Waals surface area contributed by atoms with Crippen LogP contribution in [-0.4, -0.2) is 19.2 Å². The number of methoxy groups -OCH3 is 1. The van der Waals surface area contributed by atoms with Gasteiger partial charge < -0.3 is 9.47 Å². The fraction of sp³-hybridized carbons (Fsp3) is 0.130. The Bertz CT molecular complexity index is 1020. The number of carbonyl (C=O) groups excluding carboxylic acids is 1. The van der Waals surface area contributed by atoms with Crippen molar-refractivity contribution in [3.63, 3.8) is 0 Å². The Labute approximate surface area is 183 Å². The van der Waals surface area contributed by atoms with Crippen molar-refractivity contribution in [2.45, 2.75) is 13.5 Å². The molecule has 0 heterocycles. The van der Waals surface area contributed by atoms with Crippen LogP contribution in [0.4, 0.5) is 0 Å². The number of halogens is 1. The molecule has 0 unspecified atom stereocenters. The van der Waals surface area contributed by atoms with Crippen molar-refractivity contribution in [1.82, 2.24) is 5.43 Å². The van der Waals surface area contributed by atoms with Crippen molar-refractivity contribution in [3.05, 3.63) is 92.6 Å². The Hall–Kier alpha value is -2.87. The molecule has 1 N–H and O–H groups in total. The van der Waals surface area contributed by atoms with Crippen molar-refractivity contribution < 1.29 is 14.3 Å². The lowest BCUT2D eigenvalue weighted by molar-refractivity contribution is 0.0955. The Morgan fingerprint density at radius 1 is 1.10 bits per heavy atom. The zero-order valence-electron chi connectivity index (χ0n) is 16.2. The zero-order valence-corrected chi connectivity index (χ0v) is 18.3. The van der Waals surface area contributed by atoms with Gasteiger partial charge in [-0.15, -0.1) is 0 Å². The van der Waals surface area contributed by atoms with Crippen LogP contribution in [-0.2, 0) is 6.61 Å². The molecule has 0 radical (unpaired) electrons. The molecular weight excluding hydrogens is 479 g/mol. The Kier molecular flexibility index (Phi) is 7.24. The lowest BCUT2D eigenvalue weighted by Gasteiger charge is -2.14. The lowest BCUT2D eigenvalue weighted by atomic mass is 10.1. The van der Waals surface area contributed by atoms with Gasteiger partial charge in [-0.05, 0) is 70.5 Å². The molecule has 3 aromatic rings. The number of amides is 1. The van der Waals surface area contributed by atoms with Crippen LogP contribution in [0.5, 0.6) is 11.5 Å². The average Bonchev–Trinajstić information content (AvgIpc) is 2.74. The van der Waals surface area contributed by atoms with Gasteiger partial charge in [-0.3, -0.25) is 4.79 Å². The third-order valence-corrected chi connectivity index (χ3v) is 5.10. The van der Waals surface area contributed by atoms with Crippen LogP contribution in [0.15, 0.2) is 71.8 Å². The summed E-state index contributed by atoms with van der Waals surface area (Å²) in [6, 6.07) is 20.8. The van der Waals surface area contributed by atoms with E-state index < -0.39 is 0 Å². The number of ether oxygens (including phenoxy) is 2. The first-order chi connectivity index (χ1) is 14.1. The molecule has 0 spiro atoms. The summed E-state index contributed by atoms with van der Waals surface area (Å²) in [6.07, 6.45) is 1.58. The predicted octanol–water partition coefficient (Wildman–Crippen LogP) is 4.95. The topological polar surface area (TPSA) is 59.9 Å². The van der Waals surface area contributed by atoms with Crippen molar-refractivity contribution >= 4 is 34.7 Å². The van der Waals surface area contributed by atoms with E-state index in [1.54, 1.807) is 25.5 Å². The van der Waals surface area contributed by atoms with Gasteiger partial charge in [0.2, 0.25) is 0 Å². The van der Waals surface area contributed by atoms with Crippen LogP contribution in [0, 0.1) is 10.5 Å². The van der Waals surface area contributed by atoms with Crippen LogP contribution >= 0.6 is 22.6 Å². The van der Waals surface area contributed by atoms with E-state index in [0.29, 0.717) is 23.7 Å². The molecule has 29 heavy (non-hydrogen) atoms. The quantitative estimate of drug-likeness (QED) is 0.284. The maximum atomic E-state index is 12.1. The van der Waals surface area contributed by atoms with Crippen LogP contribution in [0.25, 0.3) is 0 Å². The molecule has 6 heteroatoms. The summed E-state index contributed by atoms with van der Waals surface area (Å²) < 4.78 is 12.4. The minimum atomic E-state index is -0.262. The van der Waals surface area contributed by atoms with Gasteiger partial charge in [0.1, 0.15) is 6.61 Å². The highest BCUT2D eigenvalue weighted by Crippen LogP contribution is 2.34. The van der Waals surface area contributed by atoms with E-state index in [4.69, 9.17) is 9.47 Å². The van der Waals surface area contributed by atoms with Crippen LogP contribution < -0.4 is 14.9 Å². The number of hydrogen-bond donors (Lipinski definition) is 1. The first-order valence-corrected chi connectivity index (χ1v) is 10.1. The minimum absolute atomic E-state index is 0.262. The maximum Gasteiger partial charge on any atom is 0.271 e. The summed E-state index contributed by atoms with van der Waals surface area (Å²) in [5.41, 5.74) is 6.18. The van der Waals surface area contributed by atoms with Gasteiger partial charge in [0.05, 0.1) is 16.9 Å². The number of carbonyl (C=O) groups is 1. The molecule has 148 valence electrons. The first-order valence-electron chi connectivity index (χ1n) is 9.02. The van der Waals surface area contributed by atoms with E-state index in [0.717, 1.165) is 14.7 Å². The highest BCUT2D eigenvalue weighted by atomic mass is 127. The molecule has 0 aliphatic rings. The molecule has 0 aliphatic heterocycles. The standard InChI is InChI=1S/C23H21IN2O3/c1-16-8-6-7-11-19(16)15-29-22-20(24)12-17(13-21(22)28-2)14-25-26-23(27)18-9-4-3-5-10-18/h3-14H,15H2,1-2H3,(H,26,27)/b25-14-. The molecule has 3 aromatic carbocycles. The van der Waals surface area contributed by atoms with Crippen molar-refractivity contribution in [2.75, 3.05) is 7.11 Å². The van der Waals surface area contributed by atoms with Crippen LogP contribution in [0.3, 0.4) is 0 Å². The van der Waals surface area contributed by atoms with Gasteiger partial charge in [0, 0.05) is 5.56 Å². The van der Waals surface area contributed by atoms with Crippen molar-refractivity contribution in [3.8, 4) is 11.5 Å². The second-order valence-electron chi connectivity index (χ2n) is 6.31.